The number of sulfonamides is 1. The topological polar surface area (TPSA) is 74.8 Å². The molecule has 1 aliphatic carbocycles. The Morgan fingerprint density at radius 1 is 0.939 bits per heavy atom. The zero-order chi connectivity index (χ0) is 23.8. The van der Waals surface area contributed by atoms with Gasteiger partial charge in [-0.2, -0.15) is 4.31 Å². The highest BCUT2D eigenvalue weighted by Gasteiger charge is 2.49. The second-order valence-electron chi connectivity index (χ2n) is 8.32. The van der Waals surface area contributed by atoms with Crippen molar-refractivity contribution >= 4 is 50.7 Å². The van der Waals surface area contributed by atoms with Gasteiger partial charge in [0, 0.05) is 11.1 Å². The van der Waals surface area contributed by atoms with Crippen molar-refractivity contribution in [3.8, 4) is 0 Å². The van der Waals surface area contributed by atoms with Crippen LogP contribution in [0.1, 0.15) is 44.9 Å². The minimum Gasteiger partial charge on any atom is -0.274 e. The largest absolute Gasteiger partial charge is 0.274 e. The highest BCUT2D eigenvalue weighted by Crippen LogP contribution is 2.37. The summed E-state index contributed by atoms with van der Waals surface area (Å²) in [5, 5.41) is 0.186. The first-order chi connectivity index (χ1) is 15.7. The molecule has 33 heavy (non-hydrogen) atoms. The molecule has 1 heterocycles. The number of nitrogens with zero attached hydrogens (tertiary/aromatic N) is 2. The molecule has 176 valence electrons. The summed E-state index contributed by atoms with van der Waals surface area (Å²) < 4.78 is 42.3. The van der Waals surface area contributed by atoms with E-state index in [1.807, 2.05) is 0 Å². The van der Waals surface area contributed by atoms with Crippen molar-refractivity contribution < 1.29 is 22.4 Å². The fourth-order valence-electron chi connectivity index (χ4n) is 4.60. The van der Waals surface area contributed by atoms with Crippen LogP contribution in [0.3, 0.4) is 0 Å². The van der Waals surface area contributed by atoms with Crippen molar-refractivity contribution in [1.82, 2.24) is 4.31 Å². The minimum absolute atomic E-state index is 0.00909. The average molecular weight is 513 g/mol. The third kappa shape index (κ3) is 4.80. The molecule has 2 aliphatic rings. The van der Waals surface area contributed by atoms with Gasteiger partial charge in [-0.25, -0.2) is 17.7 Å². The summed E-state index contributed by atoms with van der Waals surface area (Å²) >= 11 is 12.3. The van der Waals surface area contributed by atoms with E-state index in [9.17, 15) is 22.4 Å². The van der Waals surface area contributed by atoms with Crippen molar-refractivity contribution in [2.75, 3.05) is 4.90 Å². The van der Waals surface area contributed by atoms with Crippen LogP contribution < -0.4 is 4.90 Å². The van der Waals surface area contributed by atoms with Crippen molar-refractivity contribution in [1.29, 1.82) is 0 Å². The Morgan fingerprint density at radius 3 is 2.21 bits per heavy atom. The van der Waals surface area contributed by atoms with Crippen molar-refractivity contribution in [3.05, 3.63) is 58.3 Å². The third-order valence-corrected chi connectivity index (χ3v) is 8.83. The van der Waals surface area contributed by atoms with Gasteiger partial charge in [0.25, 0.3) is 5.91 Å². The van der Waals surface area contributed by atoms with Crippen molar-refractivity contribution in [3.63, 3.8) is 0 Å². The number of benzene rings is 2. The summed E-state index contributed by atoms with van der Waals surface area (Å²) in [4.78, 5) is 27.1. The molecule has 1 aliphatic heterocycles. The number of imide groups is 1. The van der Waals surface area contributed by atoms with E-state index in [1.54, 1.807) is 0 Å². The monoisotopic (exact) mass is 512 g/mol. The van der Waals surface area contributed by atoms with Gasteiger partial charge in [-0.1, -0.05) is 48.9 Å². The van der Waals surface area contributed by atoms with Crippen molar-refractivity contribution in [2.45, 2.75) is 61.9 Å². The molecule has 10 heteroatoms. The molecule has 0 bridgehead atoms. The third-order valence-electron chi connectivity index (χ3n) is 6.15. The molecule has 0 N–H and O–H groups in total. The second kappa shape index (κ2) is 9.70. The minimum atomic E-state index is -4.26. The average Bonchev–Trinajstić information content (AvgIpc) is 2.94. The maximum absolute atomic E-state index is 13.9. The SMILES string of the molecule is O=C1CC(N(C2CCCCCC2)S(=O)(=O)c2cc(Cl)ccc2Cl)C(=O)N1c1ccc(F)cc1. The first-order valence-corrected chi connectivity index (χ1v) is 13.0. The summed E-state index contributed by atoms with van der Waals surface area (Å²) in [5.41, 5.74) is 0.202. The number of amides is 2. The van der Waals surface area contributed by atoms with E-state index in [-0.39, 0.29) is 27.0 Å². The summed E-state index contributed by atoms with van der Waals surface area (Å²) in [6.45, 7) is 0. The van der Waals surface area contributed by atoms with E-state index < -0.39 is 39.7 Å². The van der Waals surface area contributed by atoms with Crippen LogP contribution in [0.2, 0.25) is 10.0 Å². The summed E-state index contributed by atoms with van der Waals surface area (Å²) in [5.74, 6) is -1.70. The van der Waals surface area contributed by atoms with E-state index >= 15 is 0 Å². The summed E-state index contributed by atoms with van der Waals surface area (Å²) in [7, 11) is -4.26. The molecule has 1 atom stereocenters. The van der Waals surface area contributed by atoms with Crippen LogP contribution in [0.25, 0.3) is 0 Å². The van der Waals surface area contributed by atoms with E-state index in [2.05, 4.69) is 0 Å². The van der Waals surface area contributed by atoms with Crippen LogP contribution in [0, 0.1) is 5.82 Å². The van der Waals surface area contributed by atoms with E-state index in [0.29, 0.717) is 12.8 Å². The van der Waals surface area contributed by atoms with E-state index in [1.165, 1.54) is 34.6 Å². The smallest absolute Gasteiger partial charge is 0.252 e. The van der Waals surface area contributed by atoms with Crippen LogP contribution in [-0.4, -0.2) is 36.6 Å². The van der Waals surface area contributed by atoms with Crippen LogP contribution in [0.5, 0.6) is 0 Å². The lowest BCUT2D eigenvalue weighted by Crippen LogP contribution is -2.50. The van der Waals surface area contributed by atoms with Gasteiger partial charge < -0.3 is 0 Å². The molecule has 1 unspecified atom stereocenters. The highest BCUT2D eigenvalue weighted by molar-refractivity contribution is 7.89. The lowest BCUT2D eigenvalue weighted by molar-refractivity contribution is -0.122. The molecule has 2 fully saturated rings. The molecule has 2 aromatic rings. The van der Waals surface area contributed by atoms with Gasteiger partial charge in [0.1, 0.15) is 16.8 Å². The van der Waals surface area contributed by atoms with Crippen molar-refractivity contribution in [2.24, 2.45) is 0 Å². The Labute approximate surface area is 202 Å². The Morgan fingerprint density at radius 2 is 1.58 bits per heavy atom. The normalized spacial score (nSPS) is 20.5. The Balaban J connectivity index is 1.78. The molecule has 0 radical (unpaired) electrons. The zero-order valence-electron chi connectivity index (χ0n) is 17.7. The number of halogens is 3. The summed E-state index contributed by atoms with van der Waals surface area (Å²) in [6.07, 6.45) is 4.43. The van der Waals surface area contributed by atoms with Gasteiger partial charge in [0.2, 0.25) is 15.9 Å². The lowest BCUT2D eigenvalue weighted by atomic mass is 10.1. The molecular formula is C23H23Cl2FN2O4S. The second-order valence-corrected chi connectivity index (χ2v) is 11.0. The lowest BCUT2D eigenvalue weighted by Gasteiger charge is -2.34. The highest BCUT2D eigenvalue weighted by atomic mass is 35.5. The fraction of sp³-hybridized carbons (Fsp3) is 0.391. The van der Waals surface area contributed by atoms with E-state index in [0.717, 1.165) is 42.7 Å². The van der Waals surface area contributed by atoms with Gasteiger partial charge in [-0.3, -0.25) is 9.59 Å². The first-order valence-electron chi connectivity index (χ1n) is 10.8. The number of hydrogen-bond acceptors (Lipinski definition) is 4. The molecule has 6 nitrogen and oxygen atoms in total. The first kappa shape index (κ1) is 24.1. The van der Waals surface area contributed by atoms with Crippen LogP contribution in [0.15, 0.2) is 47.4 Å². The molecule has 0 spiro atoms. The Bertz CT molecular complexity index is 1170. The van der Waals surface area contributed by atoms with Crippen LogP contribution in [-0.2, 0) is 19.6 Å². The maximum atomic E-state index is 13.9. The molecule has 2 aromatic carbocycles. The van der Waals surface area contributed by atoms with Crippen LogP contribution >= 0.6 is 23.2 Å². The predicted molar refractivity (Wildman–Crippen MR) is 124 cm³/mol. The predicted octanol–water partition coefficient (Wildman–Crippen LogP) is 5.18. The number of rotatable bonds is 5. The van der Waals surface area contributed by atoms with Gasteiger partial charge in [-0.05, 0) is 55.3 Å². The van der Waals surface area contributed by atoms with Crippen LogP contribution in [0.4, 0.5) is 10.1 Å². The van der Waals surface area contributed by atoms with Gasteiger partial charge in [0.05, 0.1) is 17.1 Å². The number of carbonyl (C=O) groups excluding carboxylic acids is 2. The molecule has 4 rings (SSSR count). The molecule has 1 saturated heterocycles. The Hall–Kier alpha value is -2.00. The van der Waals surface area contributed by atoms with Gasteiger partial charge in [-0.15, -0.1) is 0 Å². The van der Waals surface area contributed by atoms with E-state index in [4.69, 9.17) is 23.2 Å². The number of anilines is 1. The quantitative estimate of drug-likeness (QED) is 0.408. The molecule has 0 aromatic heterocycles. The molecular weight excluding hydrogens is 490 g/mol. The number of carbonyl (C=O) groups is 2. The summed E-state index contributed by atoms with van der Waals surface area (Å²) in [6, 6.07) is 7.42. The maximum Gasteiger partial charge on any atom is 0.252 e. The molecule has 1 saturated carbocycles. The zero-order valence-corrected chi connectivity index (χ0v) is 20.0. The molecule has 2 amide bonds. The Kier molecular flexibility index (Phi) is 7.09. The fourth-order valence-corrected chi connectivity index (χ4v) is 7.16. The van der Waals surface area contributed by atoms with Gasteiger partial charge >= 0.3 is 0 Å². The number of hydrogen-bond donors (Lipinski definition) is 0. The van der Waals surface area contributed by atoms with Gasteiger partial charge in [0.15, 0.2) is 0 Å². The standard InChI is InChI=1S/C23H23Cl2FN2O4S/c24-15-7-12-19(25)21(13-15)33(31,32)28(18-5-3-1-2-4-6-18)20-14-22(29)27(23(20)30)17-10-8-16(26)9-11-17/h7-13,18,20H,1-6,14H2.